The molecule has 4 rings (SSSR count). The quantitative estimate of drug-likeness (QED) is 0.184. The number of ether oxygens (including phenoxy) is 2. The number of hydrogen-bond acceptors (Lipinski definition) is 5. The minimum absolute atomic E-state index is 0.147. The molecule has 0 spiro atoms. The molecule has 1 atom stereocenters. The maximum absolute atomic E-state index is 12.9. The average molecular weight is 527 g/mol. The van der Waals surface area contributed by atoms with E-state index in [-0.39, 0.29) is 6.61 Å². The van der Waals surface area contributed by atoms with Crippen LogP contribution in [-0.4, -0.2) is 47.1 Å². The molecule has 4 aromatic rings. The summed E-state index contributed by atoms with van der Waals surface area (Å²) in [6.07, 6.45) is 8.79. The van der Waals surface area contributed by atoms with Crippen LogP contribution in [0, 0.1) is 12.3 Å². The first-order chi connectivity index (χ1) is 18.8. The predicted octanol–water partition coefficient (Wildman–Crippen LogP) is 5.20. The fourth-order valence-corrected chi connectivity index (χ4v) is 4.19. The van der Waals surface area contributed by atoms with Crippen LogP contribution >= 0.6 is 0 Å². The largest absolute Gasteiger partial charge is 0.462 e. The average Bonchev–Trinajstić information content (AvgIpc) is 3.55. The maximum atomic E-state index is 12.9. The Morgan fingerprint density at radius 1 is 0.897 bits per heavy atom. The highest BCUT2D eigenvalue weighted by Gasteiger charge is 2.39. The lowest BCUT2D eigenvalue weighted by atomic mass is 9.86. The number of aromatic nitrogens is 2. The van der Waals surface area contributed by atoms with Crippen LogP contribution < -0.4 is 5.32 Å². The van der Waals surface area contributed by atoms with Crippen LogP contribution in [0.3, 0.4) is 0 Å². The van der Waals surface area contributed by atoms with Crippen LogP contribution in [0.4, 0.5) is 0 Å². The molecule has 0 fully saturated rings. The first kappa shape index (κ1) is 27.4. The Hall–Kier alpha value is -4.59. The van der Waals surface area contributed by atoms with E-state index in [1.165, 1.54) is 12.2 Å². The van der Waals surface area contributed by atoms with E-state index in [4.69, 9.17) is 9.47 Å². The van der Waals surface area contributed by atoms with Crippen molar-refractivity contribution in [2.75, 3.05) is 13.2 Å². The molecule has 1 radical (unpaired) electrons. The van der Waals surface area contributed by atoms with E-state index in [1.807, 2.05) is 54.7 Å². The van der Waals surface area contributed by atoms with Crippen LogP contribution in [0.1, 0.15) is 31.4 Å². The van der Waals surface area contributed by atoms with Crippen molar-refractivity contribution < 1.29 is 23.9 Å². The maximum Gasteiger partial charge on any atom is 0.331 e. The number of rotatable bonds is 11. The highest BCUT2D eigenvalue weighted by molar-refractivity contribution is 5.96. The van der Waals surface area contributed by atoms with Crippen LogP contribution in [0.25, 0.3) is 34.0 Å². The van der Waals surface area contributed by atoms with Gasteiger partial charge in [-0.15, -0.1) is 0 Å². The minimum atomic E-state index is -1.20. The molecule has 1 amide bonds. The molecule has 0 saturated carbocycles. The molecule has 0 bridgehead atoms. The number of amides is 1. The number of hydrogen-bond donors (Lipinski definition) is 3. The summed E-state index contributed by atoms with van der Waals surface area (Å²) < 4.78 is 11.1. The Morgan fingerprint density at radius 3 is 2.00 bits per heavy atom. The molecular weight excluding hydrogens is 494 g/mol. The first-order valence-corrected chi connectivity index (χ1v) is 12.7. The van der Waals surface area contributed by atoms with Gasteiger partial charge >= 0.3 is 11.9 Å². The molecule has 0 aliphatic rings. The van der Waals surface area contributed by atoms with Crippen molar-refractivity contribution in [1.29, 1.82) is 0 Å². The van der Waals surface area contributed by atoms with Gasteiger partial charge in [-0.3, -0.25) is 4.79 Å². The monoisotopic (exact) mass is 526 g/mol. The Kier molecular flexibility index (Phi) is 8.66. The molecule has 0 aliphatic carbocycles. The molecular formula is C31H32N3O5. The van der Waals surface area contributed by atoms with Gasteiger partial charge in [-0.2, -0.15) is 0 Å². The SMILES string of the molecule is [CH2]CCNC(=O)[C@H](OC(=O)/C=C/c1c[nH]c2ccccc12)C(C)(C)COC(=O)/C=C/c1c[nH]c2ccccc12. The summed E-state index contributed by atoms with van der Waals surface area (Å²) in [7, 11) is 0. The molecule has 3 N–H and O–H groups in total. The first-order valence-electron chi connectivity index (χ1n) is 12.7. The topological polar surface area (TPSA) is 113 Å². The fourth-order valence-electron chi connectivity index (χ4n) is 4.19. The summed E-state index contributed by atoms with van der Waals surface area (Å²) in [4.78, 5) is 44.5. The summed E-state index contributed by atoms with van der Waals surface area (Å²) in [6, 6.07) is 15.5. The molecule has 2 aromatic carbocycles. The van der Waals surface area contributed by atoms with Gasteiger partial charge < -0.3 is 24.8 Å². The number of nitrogens with one attached hydrogen (secondary N) is 3. The summed E-state index contributed by atoms with van der Waals surface area (Å²) in [5.41, 5.74) is 2.56. The molecule has 8 nitrogen and oxygen atoms in total. The number of H-pyrrole nitrogens is 2. The summed E-state index contributed by atoms with van der Waals surface area (Å²) >= 11 is 0. The molecule has 0 saturated heterocycles. The van der Waals surface area contributed by atoms with Crippen LogP contribution in [-0.2, 0) is 23.9 Å². The second-order valence-corrected chi connectivity index (χ2v) is 9.80. The number of fused-ring (bicyclic) bond motifs is 2. The van der Waals surface area contributed by atoms with Crippen molar-refractivity contribution in [1.82, 2.24) is 15.3 Å². The lowest BCUT2D eigenvalue weighted by Gasteiger charge is -2.31. The zero-order valence-corrected chi connectivity index (χ0v) is 22.0. The zero-order chi connectivity index (χ0) is 27.8. The summed E-state index contributed by atoms with van der Waals surface area (Å²) in [5.74, 6) is -1.74. The van der Waals surface area contributed by atoms with Gasteiger partial charge in [0.05, 0.1) is 0 Å². The summed E-state index contributed by atoms with van der Waals surface area (Å²) in [5, 5.41) is 4.66. The highest BCUT2D eigenvalue weighted by atomic mass is 16.6. The Balaban J connectivity index is 1.42. The summed E-state index contributed by atoms with van der Waals surface area (Å²) in [6.45, 7) is 7.31. The van der Waals surface area contributed by atoms with Crippen molar-refractivity contribution in [3.05, 3.63) is 91.1 Å². The van der Waals surface area contributed by atoms with Crippen molar-refractivity contribution in [2.45, 2.75) is 26.4 Å². The molecule has 0 unspecified atom stereocenters. The number of carbonyl (C=O) groups excluding carboxylic acids is 3. The van der Waals surface area contributed by atoms with Gasteiger partial charge in [0.25, 0.3) is 5.91 Å². The third-order valence-corrected chi connectivity index (χ3v) is 6.28. The van der Waals surface area contributed by atoms with E-state index in [1.54, 1.807) is 32.2 Å². The second kappa shape index (κ2) is 12.3. The third kappa shape index (κ3) is 6.84. The normalized spacial score (nSPS) is 12.8. The molecule has 201 valence electrons. The number of aromatic amines is 2. The molecule has 2 aromatic heterocycles. The van der Waals surface area contributed by atoms with E-state index < -0.39 is 29.4 Å². The van der Waals surface area contributed by atoms with Crippen molar-refractivity contribution in [3.8, 4) is 0 Å². The van der Waals surface area contributed by atoms with E-state index in [0.29, 0.717) is 13.0 Å². The van der Waals surface area contributed by atoms with E-state index in [2.05, 4.69) is 22.2 Å². The van der Waals surface area contributed by atoms with Gasteiger partial charge in [0, 0.05) is 69.4 Å². The molecule has 2 heterocycles. The van der Waals surface area contributed by atoms with E-state index >= 15 is 0 Å². The number of carbonyl (C=O) groups is 3. The van der Waals surface area contributed by atoms with Crippen LogP contribution in [0.5, 0.6) is 0 Å². The van der Waals surface area contributed by atoms with Crippen LogP contribution in [0.2, 0.25) is 0 Å². The Morgan fingerprint density at radius 2 is 1.44 bits per heavy atom. The van der Waals surface area contributed by atoms with Crippen molar-refractivity contribution in [2.24, 2.45) is 5.41 Å². The van der Waals surface area contributed by atoms with E-state index in [0.717, 1.165) is 32.9 Å². The Labute approximate surface area is 227 Å². The zero-order valence-electron chi connectivity index (χ0n) is 22.0. The highest BCUT2D eigenvalue weighted by Crippen LogP contribution is 2.26. The van der Waals surface area contributed by atoms with Gasteiger partial charge in [0.2, 0.25) is 0 Å². The van der Waals surface area contributed by atoms with Crippen molar-refractivity contribution >= 4 is 51.8 Å². The standard InChI is InChI=1S/C31H32N3O5/c1-4-17-32-30(37)29(39-28(36)16-14-22-19-34-26-12-8-6-10-24(22)26)31(2,3)20-38-27(35)15-13-21-18-33-25-11-7-5-9-23(21)25/h5-16,18-19,29,33-34H,1,4,17,20H2,2-3H3,(H,32,37)/b15-13+,16-14+/t29-/m0/s1. The number of benzene rings is 2. The van der Waals surface area contributed by atoms with Crippen LogP contribution in [0.15, 0.2) is 73.1 Å². The second-order valence-electron chi connectivity index (χ2n) is 9.80. The van der Waals surface area contributed by atoms with Gasteiger partial charge in [0.15, 0.2) is 6.10 Å². The lowest BCUT2D eigenvalue weighted by Crippen LogP contribution is -2.48. The molecule has 0 aliphatic heterocycles. The van der Waals surface area contributed by atoms with Gasteiger partial charge in [-0.05, 0) is 30.7 Å². The fraction of sp³-hybridized carbons (Fsp3) is 0.226. The van der Waals surface area contributed by atoms with Gasteiger partial charge in [-0.1, -0.05) is 57.2 Å². The smallest absolute Gasteiger partial charge is 0.331 e. The lowest BCUT2D eigenvalue weighted by molar-refractivity contribution is -0.164. The number of para-hydroxylation sites is 2. The molecule has 8 heteroatoms. The Bertz CT molecular complexity index is 1530. The van der Waals surface area contributed by atoms with Crippen molar-refractivity contribution in [3.63, 3.8) is 0 Å². The van der Waals surface area contributed by atoms with Gasteiger partial charge in [-0.25, -0.2) is 9.59 Å². The predicted molar refractivity (Wildman–Crippen MR) is 152 cm³/mol. The molecule has 39 heavy (non-hydrogen) atoms. The van der Waals surface area contributed by atoms with Gasteiger partial charge in [0.1, 0.15) is 6.61 Å². The number of esters is 2. The minimum Gasteiger partial charge on any atom is -0.462 e. The van der Waals surface area contributed by atoms with E-state index in [9.17, 15) is 14.4 Å². The third-order valence-electron chi connectivity index (χ3n) is 6.28.